The Bertz CT molecular complexity index is 679. The van der Waals surface area contributed by atoms with Crippen LogP contribution in [0.25, 0.3) is 0 Å². The summed E-state index contributed by atoms with van der Waals surface area (Å²) in [6.07, 6.45) is 2.14. The lowest BCUT2D eigenvalue weighted by atomic mass is 9.92. The van der Waals surface area contributed by atoms with Crippen molar-refractivity contribution in [2.45, 2.75) is 32.6 Å². The molecule has 1 aliphatic heterocycles. The van der Waals surface area contributed by atoms with E-state index >= 15 is 0 Å². The van der Waals surface area contributed by atoms with E-state index in [0.29, 0.717) is 6.61 Å². The van der Waals surface area contributed by atoms with Gasteiger partial charge in [-0.05, 0) is 30.2 Å². The molecule has 2 aromatic carbocycles. The van der Waals surface area contributed by atoms with Crippen molar-refractivity contribution in [1.82, 2.24) is 0 Å². The maximum Gasteiger partial charge on any atom is 0.231 e. The maximum absolute atomic E-state index is 6.03. The smallest absolute Gasteiger partial charge is 0.231 e. The summed E-state index contributed by atoms with van der Waals surface area (Å²) in [4.78, 5) is 0. The molecule has 1 atom stereocenters. The summed E-state index contributed by atoms with van der Waals surface area (Å²) in [5.41, 5.74) is 2.32. The van der Waals surface area contributed by atoms with E-state index in [1.165, 1.54) is 5.56 Å². The molecule has 0 unspecified atom stereocenters. The standard InChI is InChI=1S/C20H24O4/c1-4-5-10-22-18-12-20-19(23-13-24-20)11-17(18)14(2)15-6-8-16(21-3)9-7-15/h6-9,11-12,14H,4-5,10,13H2,1-3H3/t14-/m1/s1. The minimum Gasteiger partial charge on any atom is -0.497 e. The molecule has 4 heteroatoms. The van der Waals surface area contributed by atoms with Crippen LogP contribution in [-0.4, -0.2) is 20.5 Å². The van der Waals surface area contributed by atoms with Gasteiger partial charge < -0.3 is 18.9 Å². The van der Waals surface area contributed by atoms with Crippen LogP contribution >= 0.6 is 0 Å². The van der Waals surface area contributed by atoms with E-state index in [1.54, 1.807) is 7.11 Å². The van der Waals surface area contributed by atoms with E-state index in [4.69, 9.17) is 18.9 Å². The van der Waals surface area contributed by atoms with Crippen molar-refractivity contribution in [3.63, 3.8) is 0 Å². The lowest BCUT2D eigenvalue weighted by Gasteiger charge is -2.18. The normalized spacial score (nSPS) is 13.6. The summed E-state index contributed by atoms with van der Waals surface area (Å²) in [6.45, 7) is 5.30. The van der Waals surface area contributed by atoms with Gasteiger partial charge in [0.15, 0.2) is 11.5 Å². The molecule has 0 fully saturated rings. The fourth-order valence-corrected chi connectivity index (χ4v) is 2.80. The predicted molar refractivity (Wildman–Crippen MR) is 93.5 cm³/mol. The number of hydrogen-bond acceptors (Lipinski definition) is 4. The number of benzene rings is 2. The first-order valence-corrected chi connectivity index (χ1v) is 8.43. The van der Waals surface area contributed by atoms with Gasteiger partial charge in [0.05, 0.1) is 13.7 Å². The van der Waals surface area contributed by atoms with Crippen LogP contribution in [0.4, 0.5) is 0 Å². The highest BCUT2D eigenvalue weighted by Crippen LogP contribution is 2.42. The second-order valence-electron chi connectivity index (χ2n) is 5.94. The average Bonchev–Trinajstić information content (AvgIpc) is 3.08. The third kappa shape index (κ3) is 3.42. The molecule has 1 heterocycles. The maximum atomic E-state index is 6.03. The molecule has 0 radical (unpaired) electrons. The Kier molecular flexibility index (Phi) is 5.14. The van der Waals surface area contributed by atoms with Crippen molar-refractivity contribution in [3.8, 4) is 23.0 Å². The van der Waals surface area contributed by atoms with Gasteiger partial charge in [0.2, 0.25) is 6.79 Å². The van der Waals surface area contributed by atoms with Crippen molar-refractivity contribution < 1.29 is 18.9 Å². The zero-order valence-electron chi connectivity index (χ0n) is 14.5. The van der Waals surface area contributed by atoms with Gasteiger partial charge in [-0.15, -0.1) is 0 Å². The largest absolute Gasteiger partial charge is 0.497 e. The molecule has 0 amide bonds. The topological polar surface area (TPSA) is 36.9 Å². The Morgan fingerprint density at radius 3 is 2.46 bits per heavy atom. The molecule has 24 heavy (non-hydrogen) atoms. The zero-order chi connectivity index (χ0) is 16.9. The van der Waals surface area contributed by atoms with Crippen LogP contribution in [0.15, 0.2) is 36.4 Å². The minimum atomic E-state index is 0.182. The highest BCUT2D eigenvalue weighted by Gasteiger charge is 2.22. The van der Waals surface area contributed by atoms with Gasteiger partial charge >= 0.3 is 0 Å². The molecule has 0 saturated heterocycles. The van der Waals surface area contributed by atoms with Crippen molar-refractivity contribution in [1.29, 1.82) is 0 Å². The quantitative estimate of drug-likeness (QED) is 0.687. The number of ether oxygens (including phenoxy) is 4. The highest BCUT2D eigenvalue weighted by molar-refractivity contribution is 5.54. The summed E-state index contributed by atoms with van der Waals surface area (Å²) >= 11 is 0. The summed E-state index contributed by atoms with van der Waals surface area (Å²) < 4.78 is 22.3. The number of methoxy groups -OCH3 is 1. The third-order valence-corrected chi connectivity index (χ3v) is 4.34. The SMILES string of the molecule is CCCCOc1cc2c(cc1[C@H](C)c1ccc(OC)cc1)OCO2. The van der Waals surface area contributed by atoms with Crippen molar-refractivity contribution in [2.75, 3.05) is 20.5 Å². The van der Waals surface area contributed by atoms with Crippen LogP contribution in [0, 0.1) is 0 Å². The first kappa shape index (κ1) is 16.5. The summed E-state index contributed by atoms with van der Waals surface area (Å²) in [6, 6.07) is 12.1. The van der Waals surface area contributed by atoms with Gasteiger partial charge in [-0.1, -0.05) is 32.4 Å². The molecule has 3 rings (SSSR count). The van der Waals surface area contributed by atoms with Gasteiger partial charge in [-0.2, -0.15) is 0 Å². The average molecular weight is 328 g/mol. The van der Waals surface area contributed by atoms with Crippen LogP contribution in [0.3, 0.4) is 0 Å². The summed E-state index contributed by atoms with van der Waals surface area (Å²) in [5, 5.41) is 0. The first-order valence-electron chi connectivity index (χ1n) is 8.43. The van der Waals surface area contributed by atoms with Gasteiger partial charge in [-0.25, -0.2) is 0 Å². The fourth-order valence-electron chi connectivity index (χ4n) is 2.80. The van der Waals surface area contributed by atoms with Crippen molar-refractivity contribution in [3.05, 3.63) is 47.5 Å². The Labute approximate surface area is 143 Å². The molecule has 0 saturated carbocycles. The third-order valence-electron chi connectivity index (χ3n) is 4.34. The minimum absolute atomic E-state index is 0.182. The zero-order valence-corrected chi connectivity index (χ0v) is 14.5. The van der Waals surface area contributed by atoms with E-state index in [1.807, 2.05) is 24.3 Å². The monoisotopic (exact) mass is 328 g/mol. The van der Waals surface area contributed by atoms with Crippen LogP contribution in [0.2, 0.25) is 0 Å². The second kappa shape index (κ2) is 7.47. The molecule has 2 aromatic rings. The Morgan fingerprint density at radius 2 is 1.79 bits per heavy atom. The fraction of sp³-hybridized carbons (Fsp3) is 0.400. The molecular weight excluding hydrogens is 304 g/mol. The van der Waals surface area contributed by atoms with Gasteiger partial charge in [-0.3, -0.25) is 0 Å². The number of rotatable bonds is 7. The first-order chi connectivity index (χ1) is 11.7. The van der Waals surface area contributed by atoms with E-state index in [9.17, 15) is 0 Å². The van der Waals surface area contributed by atoms with E-state index < -0.39 is 0 Å². The molecule has 0 spiro atoms. The van der Waals surface area contributed by atoms with E-state index in [0.717, 1.165) is 41.4 Å². The number of unbranched alkanes of at least 4 members (excludes halogenated alkanes) is 1. The van der Waals surface area contributed by atoms with E-state index in [2.05, 4.69) is 26.0 Å². The van der Waals surface area contributed by atoms with Crippen LogP contribution in [0.5, 0.6) is 23.0 Å². The molecule has 0 aliphatic carbocycles. The molecule has 0 aromatic heterocycles. The lowest BCUT2D eigenvalue weighted by molar-refractivity contribution is 0.173. The molecule has 128 valence electrons. The molecule has 4 nitrogen and oxygen atoms in total. The van der Waals surface area contributed by atoms with Crippen LogP contribution in [-0.2, 0) is 0 Å². The molecule has 0 bridgehead atoms. The predicted octanol–water partition coefficient (Wildman–Crippen LogP) is 4.75. The van der Waals surface area contributed by atoms with Crippen molar-refractivity contribution >= 4 is 0 Å². The summed E-state index contributed by atoms with van der Waals surface area (Å²) in [5.74, 6) is 3.45. The van der Waals surface area contributed by atoms with Crippen molar-refractivity contribution in [2.24, 2.45) is 0 Å². The summed E-state index contributed by atoms with van der Waals surface area (Å²) in [7, 11) is 1.68. The Hall–Kier alpha value is -2.36. The van der Waals surface area contributed by atoms with Crippen LogP contribution in [0.1, 0.15) is 43.7 Å². The number of fused-ring (bicyclic) bond motifs is 1. The van der Waals surface area contributed by atoms with Crippen LogP contribution < -0.4 is 18.9 Å². The lowest BCUT2D eigenvalue weighted by Crippen LogP contribution is -2.04. The second-order valence-corrected chi connectivity index (χ2v) is 5.94. The van der Waals surface area contributed by atoms with E-state index in [-0.39, 0.29) is 12.7 Å². The highest BCUT2D eigenvalue weighted by atomic mass is 16.7. The molecule has 0 N–H and O–H groups in total. The number of hydrogen-bond donors (Lipinski definition) is 0. The van der Waals surface area contributed by atoms with Gasteiger partial charge in [0.1, 0.15) is 11.5 Å². The van der Waals surface area contributed by atoms with Gasteiger partial charge in [0.25, 0.3) is 0 Å². The Balaban J connectivity index is 1.91. The molecule has 1 aliphatic rings. The Morgan fingerprint density at radius 1 is 1.08 bits per heavy atom. The van der Waals surface area contributed by atoms with Gasteiger partial charge in [0, 0.05) is 17.5 Å². The molecular formula is C20H24O4.